The highest BCUT2D eigenvalue weighted by Gasteiger charge is 2.25. The van der Waals surface area contributed by atoms with Gasteiger partial charge in [-0.15, -0.1) is 24.0 Å². The first kappa shape index (κ1) is 22.6. The summed E-state index contributed by atoms with van der Waals surface area (Å²) in [5.74, 6) is 0.791. The summed E-state index contributed by atoms with van der Waals surface area (Å²) in [5, 5.41) is 7.55. The van der Waals surface area contributed by atoms with E-state index in [1.54, 1.807) is 23.9 Å². The number of aryl methyl sites for hydroxylation is 1. The molecule has 0 bridgehead atoms. The fourth-order valence-corrected chi connectivity index (χ4v) is 3.65. The van der Waals surface area contributed by atoms with Crippen LogP contribution in [0.4, 0.5) is 0 Å². The van der Waals surface area contributed by atoms with Gasteiger partial charge in [0.1, 0.15) is 6.10 Å². The number of aliphatic imine (C=N–C) groups is 1. The molecule has 1 aliphatic rings. The lowest BCUT2D eigenvalue weighted by molar-refractivity contribution is -0.00805. The lowest BCUT2D eigenvalue weighted by atomic mass is 10.1. The first-order chi connectivity index (χ1) is 12.9. The molecule has 1 fully saturated rings. The third-order valence-electron chi connectivity index (χ3n) is 4.48. The van der Waals surface area contributed by atoms with E-state index in [2.05, 4.69) is 20.3 Å². The molecule has 2 heterocycles. The van der Waals surface area contributed by atoms with Crippen LogP contribution in [-0.4, -0.2) is 62.1 Å². The molecule has 1 unspecified atom stereocenters. The van der Waals surface area contributed by atoms with Crippen molar-refractivity contribution < 1.29 is 13.2 Å². The van der Waals surface area contributed by atoms with Crippen molar-refractivity contribution in [2.24, 2.45) is 12.0 Å². The van der Waals surface area contributed by atoms with E-state index in [1.165, 1.54) is 6.26 Å². The van der Waals surface area contributed by atoms with Gasteiger partial charge in [0.25, 0.3) is 0 Å². The highest BCUT2D eigenvalue weighted by molar-refractivity contribution is 14.0. The summed E-state index contributed by atoms with van der Waals surface area (Å²) in [7, 11) is 0.466. The van der Waals surface area contributed by atoms with Gasteiger partial charge in [0.15, 0.2) is 15.8 Å². The van der Waals surface area contributed by atoms with Crippen molar-refractivity contribution in [3.63, 3.8) is 0 Å². The van der Waals surface area contributed by atoms with E-state index in [9.17, 15) is 8.42 Å². The van der Waals surface area contributed by atoms with Gasteiger partial charge in [-0.05, 0) is 17.7 Å². The van der Waals surface area contributed by atoms with Gasteiger partial charge < -0.3 is 15.0 Å². The zero-order chi connectivity index (χ0) is 19.4. The van der Waals surface area contributed by atoms with Gasteiger partial charge in [0.2, 0.25) is 0 Å². The Balaban J connectivity index is 0.00000280. The van der Waals surface area contributed by atoms with Crippen molar-refractivity contribution in [3.8, 4) is 0 Å². The number of rotatable bonds is 4. The van der Waals surface area contributed by atoms with E-state index >= 15 is 0 Å². The predicted molar refractivity (Wildman–Crippen MR) is 119 cm³/mol. The van der Waals surface area contributed by atoms with Crippen molar-refractivity contribution in [2.75, 3.05) is 33.0 Å². The number of nitrogens with one attached hydrogen (secondary N) is 1. The molecule has 154 valence electrons. The van der Waals surface area contributed by atoms with Crippen LogP contribution in [0.2, 0.25) is 0 Å². The Bertz CT molecular complexity index is 912. The van der Waals surface area contributed by atoms with E-state index in [1.807, 2.05) is 31.6 Å². The summed E-state index contributed by atoms with van der Waals surface area (Å²) in [6, 6.07) is 6.88. The molecular formula is C18H26IN5O3S. The Morgan fingerprint density at radius 3 is 2.64 bits per heavy atom. The lowest BCUT2D eigenvalue weighted by Gasteiger charge is -2.34. The van der Waals surface area contributed by atoms with Gasteiger partial charge in [0.05, 0.1) is 24.2 Å². The number of sulfone groups is 1. The molecule has 8 nitrogen and oxygen atoms in total. The van der Waals surface area contributed by atoms with Gasteiger partial charge in [-0.25, -0.2) is 8.42 Å². The summed E-state index contributed by atoms with van der Waals surface area (Å²) in [4.78, 5) is 6.86. The molecule has 0 spiro atoms. The number of nitrogens with zero attached hydrogens (tertiary/aromatic N) is 4. The average molecular weight is 519 g/mol. The molecule has 0 aliphatic carbocycles. The Morgan fingerprint density at radius 1 is 1.36 bits per heavy atom. The van der Waals surface area contributed by atoms with E-state index in [-0.39, 0.29) is 30.1 Å². The van der Waals surface area contributed by atoms with Crippen LogP contribution in [0.3, 0.4) is 0 Å². The molecule has 1 aromatic carbocycles. The number of benzene rings is 1. The van der Waals surface area contributed by atoms with Gasteiger partial charge in [0, 0.05) is 45.2 Å². The number of hydrogen-bond acceptors (Lipinski definition) is 5. The maximum absolute atomic E-state index is 11.6. The normalized spacial score (nSPS) is 17.9. The van der Waals surface area contributed by atoms with Crippen molar-refractivity contribution in [2.45, 2.75) is 17.5 Å². The first-order valence-corrected chi connectivity index (χ1v) is 10.6. The molecule has 1 aliphatic heterocycles. The van der Waals surface area contributed by atoms with E-state index in [0.717, 1.165) is 23.6 Å². The predicted octanol–water partition coefficient (Wildman–Crippen LogP) is 1.59. The Morgan fingerprint density at radius 2 is 2.07 bits per heavy atom. The zero-order valence-corrected chi connectivity index (χ0v) is 19.3. The topological polar surface area (TPSA) is 88.8 Å². The Labute approximate surface area is 182 Å². The second-order valence-corrected chi connectivity index (χ2v) is 8.59. The minimum atomic E-state index is -3.18. The molecular weight excluding hydrogens is 493 g/mol. The maximum Gasteiger partial charge on any atom is 0.194 e. The third-order valence-corrected chi connectivity index (χ3v) is 5.61. The van der Waals surface area contributed by atoms with E-state index in [0.29, 0.717) is 24.6 Å². The lowest BCUT2D eigenvalue weighted by Crippen LogP contribution is -2.47. The molecule has 3 rings (SSSR count). The summed E-state index contributed by atoms with van der Waals surface area (Å²) in [6.45, 7) is 2.62. The Hall–Kier alpha value is -1.66. The smallest absolute Gasteiger partial charge is 0.194 e. The van der Waals surface area contributed by atoms with Crippen molar-refractivity contribution >= 4 is 39.8 Å². The fraction of sp³-hybridized carbons (Fsp3) is 0.444. The summed E-state index contributed by atoms with van der Waals surface area (Å²) in [6.07, 6.45) is 4.96. The van der Waals surface area contributed by atoms with Gasteiger partial charge in [-0.2, -0.15) is 5.10 Å². The van der Waals surface area contributed by atoms with E-state index in [4.69, 9.17) is 4.74 Å². The number of morpholine rings is 1. The van der Waals surface area contributed by atoms with Crippen molar-refractivity contribution in [3.05, 3.63) is 47.8 Å². The second-order valence-electron chi connectivity index (χ2n) is 6.57. The van der Waals surface area contributed by atoms with Crippen LogP contribution in [0.5, 0.6) is 0 Å². The zero-order valence-electron chi connectivity index (χ0n) is 16.2. The molecule has 0 saturated carbocycles. The van der Waals surface area contributed by atoms with Crippen LogP contribution < -0.4 is 5.32 Å². The monoisotopic (exact) mass is 519 g/mol. The van der Waals surface area contributed by atoms with Crippen LogP contribution in [0, 0.1) is 0 Å². The van der Waals surface area contributed by atoms with Crippen LogP contribution in [0.1, 0.15) is 17.2 Å². The number of hydrogen-bond donors (Lipinski definition) is 1. The van der Waals surface area contributed by atoms with Crippen LogP contribution in [0.25, 0.3) is 0 Å². The fourth-order valence-electron chi connectivity index (χ4n) is 3.02. The Kier molecular flexibility index (Phi) is 7.84. The van der Waals surface area contributed by atoms with Gasteiger partial charge >= 0.3 is 0 Å². The minimum absolute atomic E-state index is 0. The maximum atomic E-state index is 11.6. The molecule has 1 saturated heterocycles. The molecule has 1 aromatic heterocycles. The minimum Gasteiger partial charge on any atom is -0.370 e. The number of aromatic nitrogens is 2. The summed E-state index contributed by atoms with van der Waals surface area (Å²) < 4.78 is 30.8. The van der Waals surface area contributed by atoms with E-state index < -0.39 is 9.84 Å². The van der Waals surface area contributed by atoms with Gasteiger partial charge in [-0.1, -0.05) is 12.1 Å². The molecule has 0 amide bonds. The second kappa shape index (κ2) is 9.70. The molecule has 10 heteroatoms. The number of guanidine groups is 1. The molecule has 1 atom stereocenters. The molecule has 2 aromatic rings. The molecule has 1 N–H and O–H groups in total. The van der Waals surface area contributed by atoms with Gasteiger partial charge in [-0.3, -0.25) is 9.67 Å². The van der Waals surface area contributed by atoms with Crippen LogP contribution in [0.15, 0.2) is 46.5 Å². The van der Waals surface area contributed by atoms with Crippen molar-refractivity contribution in [1.29, 1.82) is 0 Å². The number of halogens is 1. The highest BCUT2D eigenvalue weighted by Crippen LogP contribution is 2.21. The van der Waals surface area contributed by atoms with Crippen molar-refractivity contribution in [1.82, 2.24) is 20.0 Å². The van der Waals surface area contributed by atoms with Crippen LogP contribution >= 0.6 is 24.0 Å². The van der Waals surface area contributed by atoms with Crippen LogP contribution in [-0.2, 0) is 28.2 Å². The highest BCUT2D eigenvalue weighted by atomic mass is 127. The largest absolute Gasteiger partial charge is 0.370 e. The average Bonchev–Trinajstić information content (AvgIpc) is 3.09. The molecule has 28 heavy (non-hydrogen) atoms. The standard InChI is InChI=1S/C18H25N5O3S.HI/c1-19-18(20-10-14-4-6-16(7-5-14)27(3,24)25)23-8-9-26-17(13-23)15-11-21-22(2)12-15;/h4-7,11-12,17H,8-10,13H2,1-3H3,(H,19,20);1H. The summed E-state index contributed by atoms with van der Waals surface area (Å²) in [5.41, 5.74) is 2.04. The first-order valence-electron chi connectivity index (χ1n) is 8.71. The third kappa shape index (κ3) is 5.67. The summed E-state index contributed by atoms with van der Waals surface area (Å²) >= 11 is 0. The SMILES string of the molecule is CN=C(NCc1ccc(S(C)(=O)=O)cc1)N1CCOC(c2cnn(C)c2)C1.I. The number of ether oxygens (including phenoxy) is 1. The molecule has 0 radical (unpaired) electrons. The quantitative estimate of drug-likeness (QED) is 0.375.